The molecule has 1 amide bonds. The van der Waals surface area contributed by atoms with Gasteiger partial charge in [0, 0.05) is 38.3 Å². The van der Waals surface area contributed by atoms with E-state index < -0.39 is 0 Å². The third kappa shape index (κ3) is 5.68. The molecular weight excluding hydrogens is 487 g/mol. The van der Waals surface area contributed by atoms with Gasteiger partial charge in [-0.25, -0.2) is 4.99 Å². The second-order valence-electron chi connectivity index (χ2n) is 8.93. The topological polar surface area (TPSA) is 47.9 Å². The van der Waals surface area contributed by atoms with Crippen molar-refractivity contribution in [2.75, 3.05) is 32.7 Å². The van der Waals surface area contributed by atoms with Gasteiger partial charge in [-0.3, -0.25) is 4.79 Å². The molecule has 1 aliphatic carbocycles. The summed E-state index contributed by atoms with van der Waals surface area (Å²) < 4.78 is 0. The SMILES string of the molecule is CCNC(=NCc1cccc(C(=O)N2CCCCC2)c1)N1CC2CCCCC2C1.I. The van der Waals surface area contributed by atoms with Crippen molar-refractivity contribution >= 4 is 35.8 Å². The summed E-state index contributed by atoms with van der Waals surface area (Å²) in [5, 5.41) is 3.49. The molecule has 166 valence electrons. The average Bonchev–Trinajstić information content (AvgIpc) is 3.21. The highest BCUT2D eigenvalue weighted by atomic mass is 127. The van der Waals surface area contributed by atoms with Crippen LogP contribution in [0.5, 0.6) is 0 Å². The van der Waals surface area contributed by atoms with Gasteiger partial charge in [0.2, 0.25) is 0 Å². The molecule has 2 heterocycles. The first-order valence-electron chi connectivity index (χ1n) is 11.7. The number of piperidine rings is 1. The summed E-state index contributed by atoms with van der Waals surface area (Å²) in [7, 11) is 0. The zero-order valence-corrected chi connectivity index (χ0v) is 20.6. The number of hydrogen-bond acceptors (Lipinski definition) is 2. The number of halogens is 1. The second kappa shape index (κ2) is 11.3. The van der Waals surface area contributed by atoms with E-state index in [1.807, 2.05) is 23.1 Å². The molecule has 3 fully saturated rings. The van der Waals surface area contributed by atoms with Crippen LogP contribution < -0.4 is 5.32 Å². The number of likely N-dealkylation sites (tertiary alicyclic amines) is 2. The highest BCUT2D eigenvalue weighted by Gasteiger charge is 2.35. The molecular formula is C24H37IN4O. The Balaban J connectivity index is 0.00000256. The van der Waals surface area contributed by atoms with E-state index in [2.05, 4.69) is 23.2 Å². The number of fused-ring (bicyclic) bond motifs is 1. The molecule has 5 nitrogen and oxygen atoms in total. The summed E-state index contributed by atoms with van der Waals surface area (Å²) in [6, 6.07) is 8.07. The normalized spacial score (nSPS) is 24.2. The molecule has 0 bridgehead atoms. The summed E-state index contributed by atoms with van der Waals surface area (Å²) in [5.41, 5.74) is 1.91. The van der Waals surface area contributed by atoms with Gasteiger partial charge in [-0.1, -0.05) is 25.0 Å². The quantitative estimate of drug-likeness (QED) is 0.358. The maximum absolute atomic E-state index is 12.8. The Morgan fingerprint density at radius 3 is 2.40 bits per heavy atom. The predicted octanol–water partition coefficient (Wildman–Crippen LogP) is 4.52. The molecule has 6 heteroatoms. The van der Waals surface area contributed by atoms with Crippen LogP contribution in [0.2, 0.25) is 0 Å². The molecule has 30 heavy (non-hydrogen) atoms. The number of aliphatic imine (C=N–C) groups is 1. The van der Waals surface area contributed by atoms with Gasteiger partial charge < -0.3 is 15.1 Å². The molecule has 2 saturated heterocycles. The third-order valence-corrected chi connectivity index (χ3v) is 6.84. The number of benzene rings is 1. The Bertz CT molecular complexity index is 718. The summed E-state index contributed by atoms with van der Waals surface area (Å²) in [6.45, 7) is 7.71. The van der Waals surface area contributed by atoms with Gasteiger partial charge in [-0.05, 0) is 68.6 Å². The number of guanidine groups is 1. The van der Waals surface area contributed by atoms with Gasteiger partial charge in [0.15, 0.2) is 5.96 Å². The van der Waals surface area contributed by atoms with Crippen molar-refractivity contribution in [3.05, 3.63) is 35.4 Å². The Morgan fingerprint density at radius 2 is 1.73 bits per heavy atom. The smallest absolute Gasteiger partial charge is 0.253 e. The van der Waals surface area contributed by atoms with Gasteiger partial charge >= 0.3 is 0 Å². The molecule has 1 N–H and O–H groups in total. The lowest BCUT2D eigenvalue weighted by molar-refractivity contribution is 0.0724. The van der Waals surface area contributed by atoms with Gasteiger partial charge in [0.1, 0.15) is 0 Å². The fourth-order valence-corrected chi connectivity index (χ4v) is 5.25. The molecule has 2 unspecified atom stereocenters. The summed E-state index contributed by atoms with van der Waals surface area (Å²) in [4.78, 5) is 22.2. The minimum absolute atomic E-state index is 0. The zero-order valence-electron chi connectivity index (χ0n) is 18.3. The summed E-state index contributed by atoms with van der Waals surface area (Å²) in [5.74, 6) is 2.90. The average molecular weight is 524 g/mol. The molecule has 0 spiro atoms. The molecule has 4 rings (SSSR count). The van der Waals surface area contributed by atoms with Crippen LogP contribution >= 0.6 is 24.0 Å². The van der Waals surface area contributed by atoms with Crippen molar-refractivity contribution < 1.29 is 4.79 Å². The Labute approximate surface area is 198 Å². The summed E-state index contributed by atoms with van der Waals surface area (Å²) >= 11 is 0. The summed E-state index contributed by atoms with van der Waals surface area (Å²) in [6.07, 6.45) is 9.02. The first-order chi connectivity index (χ1) is 14.2. The molecule has 1 saturated carbocycles. The number of nitrogens with zero attached hydrogens (tertiary/aromatic N) is 3. The molecule has 1 aromatic rings. The van der Waals surface area contributed by atoms with Gasteiger partial charge in [-0.2, -0.15) is 0 Å². The van der Waals surface area contributed by atoms with Crippen LogP contribution in [0.3, 0.4) is 0 Å². The Morgan fingerprint density at radius 1 is 1.03 bits per heavy atom. The first kappa shape index (κ1) is 23.4. The van der Waals surface area contributed by atoms with E-state index in [1.54, 1.807) is 0 Å². The molecule has 0 radical (unpaired) electrons. The maximum Gasteiger partial charge on any atom is 0.253 e. The van der Waals surface area contributed by atoms with E-state index in [-0.39, 0.29) is 29.9 Å². The molecule has 3 aliphatic rings. The van der Waals surface area contributed by atoms with Gasteiger partial charge in [0.05, 0.1) is 6.54 Å². The lowest BCUT2D eigenvalue weighted by Crippen LogP contribution is -2.40. The third-order valence-electron chi connectivity index (χ3n) is 6.84. The van der Waals surface area contributed by atoms with E-state index in [4.69, 9.17) is 4.99 Å². The monoisotopic (exact) mass is 524 g/mol. The highest BCUT2D eigenvalue weighted by Crippen LogP contribution is 2.36. The van der Waals surface area contributed by atoms with Crippen LogP contribution in [-0.4, -0.2) is 54.4 Å². The molecule has 1 aromatic carbocycles. The van der Waals surface area contributed by atoms with Crippen molar-refractivity contribution in [2.24, 2.45) is 16.8 Å². The van der Waals surface area contributed by atoms with Gasteiger partial charge in [-0.15, -0.1) is 24.0 Å². The second-order valence-corrected chi connectivity index (χ2v) is 8.93. The minimum Gasteiger partial charge on any atom is -0.357 e. The van der Waals surface area contributed by atoms with Crippen molar-refractivity contribution in [3.63, 3.8) is 0 Å². The number of rotatable bonds is 4. The lowest BCUT2D eigenvalue weighted by Gasteiger charge is -2.26. The first-order valence-corrected chi connectivity index (χ1v) is 11.7. The van der Waals surface area contributed by atoms with E-state index in [0.717, 1.165) is 74.5 Å². The Hall–Kier alpha value is -1.31. The number of amides is 1. The van der Waals surface area contributed by atoms with E-state index >= 15 is 0 Å². The zero-order chi connectivity index (χ0) is 20.1. The Kier molecular flexibility index (Phi) is 8.84. The highest BCUT2D eigenvalue weighted by molar-refractivity contribution is 14.0. The number of carbonyl (C=O) groups excluding carboxylic acids is 1. The van der Waals surface area contributed by atoms with Crippen molar-refractivity contribution in [1.82, 2.24) is 15.1 Å². The largest absolute Gasteiger partial charge is 0.357 e. The van der Waals surface area contributed by atoms with Crippen LogP contribution in [0, 0.1) is 11.8 Å². The minimum atomic E-state index is 0. The van der Waals surface area contributed by atoms with E-state index in [1.165, 1.54) is 32.1 Å². The van der Waals surface area contributed by atoms with Crippen LogP contribution in [0.25, 0.3) is 0 Å². The standard InChI is InChI=1S/C24H36N4O.HI/c1-2-25-24(28-17-21-10-4-5-11-22(21)18-28)26-16-19-9-8-12-20(15-19)23(29)27-13-6-3-7-14-27;/h8-9,12,15,21-22H,2-7,10-11,13-14,16-18H2,1H3,(H,25,26);1H. The van der Waals surface area contributed by atoms with E-state index in [0.29, 0.717) is 6.54 Å². The predicted molar refractivity (Wildman–Crippen MR) is 133 cm³/mol. The van der Waals surface area contributed by atoms with Crippen molar-refractivity contribution in [3.8, 4) is 0 Å². The van der Waals surface area contributed by atoms with Crippen LogP contribution in [-0.2, 0) is 6.54 Å². The molecule has 2 aliphatic heterocycles. The number of nitrogens with one attached hydrogen (secondary N) is 1. The number of hydrogen-bond donors (Lipinski definition) is 1. The van der Waals surface area contributed by atoms with Crippen LogP contribution in [0.4, 0.5) is 0 Å². The number of carbonyl (C=O) groups is 1. The van der Waals surface area contributed by atoms with E-state index in [9.17, 15) is 4.79 Å². The van der Waals surface area contributed by atoms with Crippen LogP contribution in [0.1, 0.15) is 67.8 Å². The molecule has 2 atom stereocenters. The van der Waals surface area contributed by atoms with Crippen molar-refractivity contribution in [1.29, 1.82) is 0 Å². The fourth-order valence-electron chi connectivity index (χ4n) is 5.25. The molecule has 0 aromatic heterocycles. The van der Waals surface area contributed by atoms with Gasteiger partial charge in [0.25, 0.3) is 5.91 Å². The maximum atomic E-state index is 12.8. The fraction of sp³-hybridized carbons (Fsp3) is 0.667. The lowest BCUT2D eigenvalue weighted by atomic mass is 9.82. The van der Waals surface area contributed by atoms with Crippen LogP contribution in [0.15, 0.2) is 29.3 Å². The van der Waals surface area contributed by atoms with Crippen molar-refractivity contribution in [2.45, 2.75) is 58.4 Å².